The van der Waals surface area contributed by atoms with Crippen molar-refractivity contribution in [2.45, 2.75) is 58.7 Å². The number of nitrogens with one attached hydrogen (secondary N) is 1. The zero-order valence-electron chi connectivity index (χ0n) is 17.4. The van der Waals surface area contributed by atoms with Crippen molar-refractivity contribution in [3.8, 4) is 0 Å². The maximum atomic E-state index is 13.3. The molecule has 30 heavy (non-hydrogen) atoms. The maximum Gasteiger partial charge on any atom is 0.243 e. The molecule has 2 atom stereocenters. The minimum absolute atomic E-state index is 0.0322. The van der Waals surface area contributed by atoms with Crippen LogP contribution < -0.4 is 5.32 Å². The van der Waals surface area contributed by atoms with Crippen LogP contribution in [0, 0.1) is 0 Å². The molecule has 0 aliphatic rings. The summed E-state index contributed by atoms with van der Waals surface area (Å²) in [6.07, 6.45) is 1.39. The Balaban J connectivity index is 2.31. The summed E-state index contributed by atoms with van der Waals surface area (Å²) in [5.41, 5.74) is 1.56. The van der Waals surface area contributed by atoms with Gasteiger partial charge in [0.25, 0.3) is 0 Å². The predicted molar refractivity (Wildman–Crippen MR) is 124 cm³/mol. The zero-order valence-corrected chi connectivity index (χ0v) is 19.7. The maximum absolute atomic E-state index is 13.3. The van der Waals surface area contributed by atoms with Crippen LogP contribution in [0.5, 0.6) is 0 Å². The molecule has 0 saturated heterocycles. The van der Waals surface area contributed by atoms with Crippen LogP contribution >= 0.6 is 34.8 Å². The molecule has 2 aromatic rings. The summed E-state index contributed by atoms with van der Waals surface area (Å²) in [6, 6.07) is 11.8. The molecule has 0 bridgehead atoms. The van der Waals surface area contributed by atoms with Crippen LogP contribution in [0.3, 0.4) is 0 Å². The lowest BCUT2D eigenvalue weighted by Crippen LogP contribution is -2.51. The Labute approximate surface area is 193 Å². The third kappa shape index (κ3) is 6.90. The molecule has 0 unspecified atom stereocenters. The van der Waals surface area contributed by atoms with Gasteiger partial charge in [0.15, 0.2) is 0 Å². The Morgan fingerprint density at radius 2 is 1.60 bits per heavy atom. The summed E-state index contributed by atoms with van der Waals surface area (Å²) in [7, 11) is 0. The van der Waals surface area contributed by atoms with Crippen molar-refractivity contribution in [1.82, 2.24) is 10.2 Å². The van der Waals surface area contributed by atoms with E-state index in [0.29, 0.717) is 33.6 Å². The summed E-state index contributed by atoms with van der Waals surface area (Å²) in [5, 5.41) is 4.55. The van der Waals surface area contributed by atoms with E-state index in [2.05, 4.69) is 5.32 Å². The van der Waals surface area contributed by atoms with Crippen LogP contribution in [-0.4, -0.2) is 28.8 Å². The molecule has 0 spiro atoms. The minimum Gasteiger partial charge on any atom is -0.352 e. The molecule has 162 valence electrons. The topological polar surface area (TPSA) is 49.4 Å². The normalized spacial score (nSPS) is 12.9. The molecule has 1 N–H and O–H groups in total. The van der Waals surface area contributed by atoms with Gasteiger partial charge in [0.1, 0.15) is 6.04 Å². The molecule has 0 heterocycles. The summed E-state index contributed by atoms with van der Waals surface area (Å²) in [6.45, 7) is 6.15. The van der Waals surface area contributed by atoms with Gasteiger partial charge < -0.3 is 10.2 Å². The van der Waals surface area contributed by atoms with E-state index in [1.54, 1.807) is 35.2 Å². The number of benzene rings is 2. The lowest BCUT2D eigenvalue weighted by atomic mass is 10.1. The average Bonchev–Trinajstić information content (AvgIpc) is 2.71. The fourth-order valence-corrected chi connectivity index (χ4v) is 3.68. The number of amides is 2. The Bertz CT molecular complexity index is 871. The van der Waals surface area contributed by atoms with E-state index < -0.39 is 6.04 Å². The molecule has 0 aliphatic carbocycles. The molecular weight excluding hydrogens is 443 g/mol. The largest absolute Gasteiger partial charge is 0.352 e. The molecular formula is C23H27Cl3N2O2. The third-order valence-corrected chi connectivity index (χ3v) is 5.85. The first kappa shape index (κ1) is 24.5. The van der Waals surface area contributed by atoms with Crippen LogP contribution in [0.4, 0.5) is 0 Å². The highest BCUT2D eigenvalue weighted by Gasteiger charge is 2.29. The molecule has 0 aromatic heterocycles. The van der Waals surface area contributed by atoms with Crippen molar-refractivity contribution < 1.29 is 9.59 Å². The molecule has 4 nitrogen and oxygen atoms in total. The van der Waals surface area contributed by atoms with Crippen LogP contribution in [0.1, 0.15) is 44.7 Å². The first-order chi connectivity index (χ1) is 14.2. The smallest absolute Gasteiger partial charge is 0.243 e. The van der Waals surface area contributed by atoms with Crippen LogP contribution in [0.2, 0.25) is 15.1 Å². The van der Waals surface area contributed by atoms with Gasteiger partial charge in [-0.2, -0.15) is 0 Å². The van der Waals surface area contributed by atoms with E-state index in [4.69, 9.17) is 34.8 Å². The Hall–Kier alpha value is -1.75. The fourth-order valence-electron chi connectivity index (χ4n) is 3.08. The number of hydrogen-bond acceptors (Lipinski definition) is 2. The van der Waals surface area contributed by atoms with Crippen molar-refractivity contribution in [3.63, 3.8) is 0 Å². The molecule has 7 heteroatoms. The van der Waals surface area contributed by atoms with Gasteiger partial charge in [-0.15, -0.1) is 0 Å². The quantitative estimate of drug-likeness (QED) is 0.496. The lowest BCUT2D eigenvalue weighted by Gasteiger charge is -2.31. The van der Waals surface area contributed by atoms with Gasteiger partial charge in [0.2, 0.25) is 11.8 Å². The van der Waals surface area contributed by atoms with Gasteiger partial charge in [-0.1, -0.05) is 66.8 Å². The van der Waals surface area contributed by atoms with Gasteiger partial charge in [0, 0.05) is 27.7 Å². The summed E-state index contributed by atoms with van der Waals surface area (Å²) >= 11 is 18.2. The fraction of sp³-hybridized carbons (Fsp3) is 0.391. The molecule has 2 rings (SSSR count). The Morgan fingerprint density at radius 1 is 0.967 bits per heavy atom. The van der Waals surface area contributed by atoms with Crippen LogP contribution in [0.15, 0.2) is 42.5 Å². The summed E-state index contributed by atoms with van der Waals surface area (Å²) in [4.78, 5) is 27.9. The summed E-state index contributed by atoms with van der Waals surface area (Å²) < 4.78 is 0. The number of nitrogens with zero attached hydrogens (tertiary/aromatic N) is 1. The van der Waals surface area contributed by atoms with E-state index in [-0.39, 0.29) is 24.3 Å². The highest BCUT2D eigenvalue weighted by Crippen LogP contribution is 2.23. The predicted octanol–water partition coefficient (Wildman–Crippen LogP) is 5.91. The van der Waals surface area contributed by atoms with Crippen LogP contribution in [0.25, 0.3) is 0 Å². The van der Waals surface area contributed by atoms with Crippen LogP contribution in [-0.2, 0) is 22.6 Å². The molecule has 2 aromatic carbocycles. The number of hydrogen-bond donors (Lipinski definition) is 1. The van der Waals surface area contributed by atoms with E-state index in [9.17, 15) is 9.59 Å². The first-order valence-corrected chi connectivity index (χ1v) is 11.2. The Kier molecular flexibility index (Phi) is 9.47. The lowest BCUT2D eigenvalue weighted by molar-refractivity contribution is -0.141. The van der Waals surface area contributed by atoms with E-state index in [1.165, 1.54) is 0 Å². The number of carbonyl (C=O) groups is 2. The van der Waals surface area contributed by atoms with Gasteiger partial charge in [-0.05, 0) is 55.2 Å². The SMILES string of the molecule is CC[C@H](C)NC(=O)[C@H](CC)N(Cc1ccc(Cl)cc1)C(=O)Cc1ccc(Cl)cc1Cl. The number of carbonyl (C=O) groups excluding carboxylic acids is 2. The highest BCUT2D eigenvalue weighted by molar-refractivity contribution is 6.35. The van der Waals surface area contributed by atoms with E-state index in [0.717, 1.165) is 12.0 Å². The van der Waals surface area contributed by atoms with Crippen molar-refractivity contribution in [2.24, 2.45) is 0 Å². The number of halogens is 3. The monoisotopic (exact) mass is 468 g/mol. The Morgan fingerprint density at radius 3 is 2.17 bits per heavy atom. The summed E-state index contributed by atoms with van der Waals surface area (Å²) in [5.74, 6) is -0.336. The second-order valence-corrected chi connectivity index (χ2v) is 8.58. The second kappa shape index (κ2) is 11.6. The van der Waals surface area contributed by atoms with E-state index in [1.807, 2.05) is 32.9 Å². The van der Waals surface area contributed by atoms with Crippen molar-refractivity contribution in [2.75, 3.05) is 0 Å². The third-order valence-electron chi connectivity index (χ3n) is 5.01. The van der Waals surface area contributed by atoms with Crippen molar-refractivity contribution in [1.29, 1.82) is 0 Å². The first-order valence-electron chi connectivity index (χ1n) is 10.0. The number of rotatable bonds is 9. The van der Waals surface area contributed by atoms with Gasteiger partial charge >= 0.3 is 0 Å². The highest BCUT2D eigenvalue weighted by atomic mass is 35.5. The standard InChI is InChI=1S/C23H27Cl3N2O2/c1-4-15(3)27-23(30)21(5-2)28(14-16-6-9-18(24)10-7-16)22(29)12-17-8-11-19(25)13-20(17)26/h6-11,13,15,21H,4-5,12,14H2,1-3H3,(H,27,30)/t15-,21-/m0/s1. The van der Waals surface area contributed by atoms with Crippen molar-refractivity contribution >= 4 is 46.6 Å². The molecule has 0 fully saturated rings. The van der Waals surface area contributed by atoms with Gasteiger partial charge in [0.05, 0.1) is 6.42 Å². The second-order valence-electron chi connectivity index (χ2n) is 7.30. The average molecular weight is 470 g/mol. The molecule has 0 saturated carbocycles. The van der Waals surface area contributed by atoms with Gasteiger partial charge in [-0.25, -0.2) is 0 Å². The molecule has 2 amide bonds. The van der Waals surface area contributed by atoms with Gasteiger partial charge in [-0.3, -0.25) is 9.59 Å². The molecule has 0 radical (unpaired) electrons. The van der Waals surface area contributed by atoms with E-state index >= 15 is 0 Å². The molecule has 0 aliphatic heterocycles. The zero-order chi connectivity index (χ0) is 22.3. The van der Waals surface area contributed by atoms with Crippen molar-refractivity contribution in [3.05, 3.63) is 68.7 Å². The minimum atomic E-state index is -0.590.